The van der Waals surface area contributed by atoms with Crippen LogP contribution < -0.4 is 0 Å². The minimum Gasteiger partial charge on any atom is -0.333 e. The monoisotopic (exact) mass is 197 g/mol. The number of fused-ring (bicyclic) bond motifs is 3. The molecule has 2 aromatic heterocycles. The van der Waals surface area contributed by atoms with E-state index in [-0.39, 0.29) is 0 Å². The normalized spacial score (nSPS) is 11.3. The van der Waals surface area contributed by atoms with Crippen molar-refractivity contribution in [2.45, 2.75) is 6.92 Å². The van der Waals surface area contributed by atoms with Crippen molar-refractivity contribution in [3.8, 4) is 0 Å². The molecule has 0 bridgehead atoms. The number of rotatable bonds is 0. The molecule has 0 unspecified atom stereocenters. The number of aryl methyl sites for hydroxylation is 2. The minimum absolute atomic E-state index is 1.03. The van der Waals surface area contributed by atoms with Gasteiger partial charge in [-0.05, 0) is 30.7 Å². The number of benzene rings is 1. The van der Waals surface area contributed by atoms with E-state index in [0.717, 1.165) is 21.9 Å². The first kappa shape index (κ1) is 8.41. The fourth-order valence-electron chi connectivity index (χ4n) is 2.04. The van der Waals surface area contributed by atoms with Gasteiger partial charge in [0, 0.05) is 18.6 Å². The van der Waals surface area contributed by atoms with Crippen LogP contribution in [0.3, 0.4) is 0 Å². The van der Waals surface area contributed by atoms with E-state index in [1.807, 2.05) is 30.2 Å². The average Bonchev–Trinajstić information content (AvgIpc) is 2.62. The fourth-order valence-corrected chi connectivity index (χ4v) is 2.04. The van der Waals surface area contributed by atoms with E-state index in [1.165, 1.54) is 5.56 Å². The average molecular weight is 197 g/mol. The van der Waals surface area contributed by atoms with Gasteiger partial charge in [0.05, 0.1) is 22.9 Å². The van der Waals surface area contributed by atoms with Crippen LogP contribution in [-0.2, 0) is 7.05 Å². The quantitative estimate of drug-likeness (QED) is 0.554. The molecule has 3 rings (SSSR count). The summed E-state index contributed by atoms with van der Waals surface area (Å²) in [4.78, 5) is 8.77. The first-order valence-electron chi connectivity index (χ1n) is 4.93. The van der Waals surface area contributed by atoms with E-state index < -0.39 is 0 Å². The second-order valence-corrected chi connectivity index (χ2v) is 3.82. The van der Waals surface area contributed by atoms with E-state index in [1.54, 1.807) is 0 Å². The van der Waals surface area contributed by atoms with E-state index in [0.29, 0.717) is 0 Å². The Morgan fingerprint density at radius 2 is 2.13 bits per heavy atom. The van der Waals surface area contributed by atoms with Crippen LogP contribution in [0, 0.1) is 6.92 Å². The molecular formula is C12H11N3. The Morgan fingerprint density at radius 3 is 3.00 bits per heavy atom. The minimum atomic E-state index is 1.03. The predicted octanol–water partition coefficient (Wildman–Crippen LogP) is 2.43. The van der Waals surface area contributed by atoms with Crippen LogP contribution in [0.1, 0.15) is 5.56 Å². The molecule has 74 valence electrons. The summed E-state index contributed by atoms with van der Waals surface area (Å²) in [6.07, 6.45) is 3.67. The van der Waals surface area contributed by atoms with Gasteiger partial charge in [0.25, 0.3) is 0 Å². The molecule has 0 amide bonds. The molecule has 0 N–H and O–H groups in total. The molecule has 2 heterocycles. The Morgan fingerprint density at radius 1 is 1.27 bits per heavy atom. The Bertz CT molecular complexity index is 652. The lowest BCUT2D eigenvalue weighted by atomic mass is 10.1. The smallest absolute Gasteiger partial charge is 0.0955 e. The molecule has 0 fully saturated rings. The lowest BCUT2D eigenvalue weighted by molar-refractivity contribution is 0.950. The van der Waals surface area contributed by atoms with Crippen LogP contribution >= 0.6 is 0 Å². The number of imidazole rings is 1. The predicted molar refractivity (Wildman–Crippen MR) is 60.8 cm³/mol. The van der Waals surface area contributed by atoms with Gasteiger partial charge < -0.3 is 4.57 Å². The maximum absolute atomic E-state index is 4.40. The Balaban J connectivity index is 2.67. The van der Waals surface area contributed by atoms with Gasteiger partial charge in [-0.15, -0.1) is 0 Å². The molecule has 0 aliphatic rings. The topological polar surface area (TPSA) is 30.7 Å². The van der Waals surface area contributed by atoms with Crippen molar-refractivity contribution in [1.29, 1.82) is 0 Å². The van der Waals surface area contributed by atoms with Crippen LogP contribution in [0.15, 0.2) is 30.7 Å². The van der Waals surface area contributed by atoms with Gasteiger partial charge in [0.1, 0.15) is 0 Å². The SMILES string of the molecule is Cc1cc2ncccc2c2c1ncn2C. The Hall–Kier alpha value is -1.90. The zero-order valence-electron chi connectivity index (χ0n) is 8.73. The molecule has 3 aromatic rings. The maximum atomic E-state index is 4.40. The van der Waals surface area contributed by atoms with Crippen molar-refractivity contribution in [3.63, 3.8) is 0 Å². The van der Waals surface area contributed by atoms with Gasteiger partial charge >= 0.3 is 0 Å². The van der Waals surface area contributed by atoms with Crippen molar-refractivity contribution < 1.29 is 0 Å². The second kappa shape index (κ2) is 2.79. The highest BCUT2D eigenvalue weighted by atomic mass is 15.0. The lowest BCUT2D eigenvalue weighted by Crippen LogP contribution is -1.88. The molecule has 3 nitrogen and oxygen atoms in total. The van der Waals surface area contributed by atoms with E-state index in [2.05, 4.69) is 29.0 Å². The summed E-state index contributed by atoms with van der Waals surface area (Å²) >= 11 is 0. The van der Waals surface area contributed by atoms with Gasteiger partial charge in [-0.2, -0.15) is 0 Å². The summed E-state index contributed by atoms with van der Waals surface area (Å²) in [5, 5.41) is 1.16. The van der Waals surface area contributed by atoms with Crippen molar-refractivity contribution in [2.75, 3.05) is 0 Å². The standard InChI is InChI=1S/C12H11N3/c1-8-6-10-9(4-3-5-13-10)12-11(8)14-7-15(12)2/h3-7H,1-2H3. The Labute approximate surface area is 87.4 Å². The summed E-state index contributed by atoms with van der Waals surface area (Å²) < 4.78 is 2.05. The number of pyridine rings is 1. The van der Waals surface area contributed by atoms with Crippen molar-refractivity contribution in [3.05, 3.63) is 36.3 Å². The zero-order valence-corrected chi connectivity index (χ0v) is 8.73. The number of nitrogens with zero attached hydrogens (tertiary/aromatic N) is 3. The molecule has 0 atom stereocenters. The molecule has 0 spiro atoms. The highest BCUT2D eigenvalue weighted by molar-refractivity contribution is 6.04. The number of hydrogen-bond acceptors (Lipinski definition) is 2. The molecule has 0 saturated heterocycles. The summed E-state index contributed by atoms with van der Waals surface area (Å²) in [6.45, 7) is 2.07. The first-order chi connectivity index (χ1) is 7.27. The van der Waals surface area contributed by atoms with Crippen LogP contribution in [0.2, 0.25) is 0 Å². The highest BCUT2D eigenvalue weighted by Gasteiger charge is 2.08. The van der Waals surface area contributed by atoms with E-state index in [9.17, 15) is 0 Å². The second-order valence-electron chi connectivity index (χ2n) is 3.82. The largest absolute Gasteiger partial charge is 0.333 e. The van der Waals surface area contributed by atoms with Crippen molar-refractivity contribution in [1.82, 2.24) is 14.5 Å². The summed E-state index contributed by atoms with van der Waals surface area (Å²) in [5.41, 5.74) is 4.44. The molecule has 1 aromatic carbocycles. The summed E-state index contributed by atoms with van der Waals surface area (Å²) in [5.74, 6) is 0. The van der Waals surface area contributed by atoms with Crippen LogP contribution in [-0.4, -0.2) is 14.5 Å². The molecular weight excluding hydrogens is 186 g/mol. The molecule has 0 radical (unpaired) electrons. The Kier molecular flexibility index (Phi) is 1.57. The summed E-state index contributed by atoms with van der Waals surface area (Å²) in [6, 6.07) is 6.14. The first-order valence-corrected chi connectivity index (χ1v) is 4.93. The van der Waals surface area contributed by atoms with Crippen LogP contribution in [0.25, 0.3) is 21.9 Å². The molecule has 0 saturated carbocycles. The molecule has 15 heavy (non-hydrogen) atoms. The van der Waals surface area contributed by atoms with Crippen LogP contribution in [0.4, 0.5) is 0 Å². The molecule has 3 heteroatoms. The van der Waals surface area contributed by atoms with Gasteiger partial charge in [-0.3, -0.25) is 4.98 Å². The van der Waals surface area contributed by atoms with Crippen molar-refractivity contribution in [2.24, 2.45) is 7.05 Å². The van der Waals surface area contributed by atoms with Gasteiger partial charge in [-0.1, -0.05) is 0 Å². The third-order valence-corrected chi connectivity index (χ3v) is 2.76. The van der Waals surface area contributed by atoms with Gasteiger partial charge in [0.2, 0.25) is 0 Å². The zero-order chi connectivity index (χ0) is 10.4. The highest BCUT2D eigenvalue weighted by Crippen LogP contribution is 2.25. The molecule has 0 aliphatic heterocycles. The summed E-state index contributed by atoms with van der Waals surface area (Å²) in [7, 11) is 2.02. The molecule has 0 aliphatic carbocycles. The third kappa shape index (κ3) is 1.06. The van der Waals surface area contributed by atoms with E-state index in [4.69, 9.17) is 0 Å². The van der Waals surface area contributed by atoms with Crippen molar-refractivity contribution >= 4 is 21.9 Å². The van der Waals surface area contributed by atoms with Gasteiger partial charge in [-0.25, -0.2) is 4.98 Å². The fraction of sp³-hybridized carbons (Fsp3) is 0.167. The number of aromatic nitrogens is 3. The van der Waals surface area contributed by atoms with Crippen LogP contribution in [0.5, 0.6) is 0 Å². The maximum Gasteiger partial charge on any atom is 0.0955 e. The van der Waals surface area contributed by atoms with E-state index >= 15 is 0 Å². The van der Waals surface area contributed by atoms with Gasteiger partial charge in [0.15, 0.2) is 0 Å². The number of hydrogen-bond donors (Lipinski definition) is 0. The lowest BCUT2D eigenvalue weighted by Gasteiger charge is -2.03. The third-order valence-electron chi connectivity index (χ3n) is 2.76.